The average Bonchev–Trinajstić information content (AvgIpc) is 3.49. The number of amides is 1. The Morgan fingerprint density at radius 2 is 1.79 bits per heavy atom. The van der Waals surface area contributed by atoms with E-state index >= 15 is 0 Å². The van der Waals surface area contributed by atoms with Gasteiger partial charge in [-0.2, -0.15) is 0 Å². The van der Waals surface area contributed by atoms with Crippen LogP contribution in [0, 0.1) is 17.8 Å². The summed E-state index contributed by atoms with van der Waals surface area (Å²) in [6.45, 7) is 8.44. The number of nitrogens with one attached hydrogen (secondary N) is 1. The second-order valence-electron chi connectivity index (χ2n) is 9.06. The quantitative estimate of drug-likeness (QED) is 0.590. The highest BCUT2D eigenvalue weighted by atomic mass is 35.5. The van der Waals surface area contributed by atoms with Crippen molar-refractivity contribution in [3.8, 4) is 0 Å². The number of carbonyl (C=O) groups is 1. The summed E-state index contributed by atoms with van der Waals surface area (Å²) in [5, 5.41) is 4.11. The van der Waals surface area contributed by atoms with Crippen LogP contribution in [0.1, 0.15) is 52.4 Å². The van der Waals surface area contributed by atoms with Crippen molar-refractivity contribution in [3.63, 3.8) is 0 Å². The molecule has 2 aliphatic carbocycles. The summed E-state index contributed by atoms with van der Waals surface area (Å²) in [4.78, 5) is 17.3. The van der Waals surface area contributed by atoms with E-state index < -0.39 is 0 Å². The van der Waals surface area contributed by atoms with E-state index in [-0.39, 0.29) is 5.92 Å². The van der Waals surface area contributed by atoms with Gasteiger partial charge < -0.3 is 15.1 Å². The van der Waals surface area contributed by atoms with Crippen LogP contribution in [0.4, 0.5) is 5.69 Å². The summed E-state index contributed by atoms with van der Waals surface area (Å²) in [6.07, 6.45) is 7.22. The molecule has 0 heterocycles. The smallest absolute Gasteiger partial charge is 0.223 e. The molecule has 1 aromatic carbocycles. The van der Waals surface area contributed by atoms with E-state index in [1.165, 1.54) is 37.8 Å². The minimum atomic E-state index is 0.236. The molecule has 2 saturated carbocycles. The van der Waals surface area contributed by atoms with Crippen LogP contribution in [0.25, 0.3) is 0 Å². The molecule has 3 rings (SSSR count). The molecule has 1 aromatic rings. The molecule has 0 spiro atoms. The fourth-order valence-electron chi connectivity index (χ4n) is 4.70. The van der Waals surface area contributed by atoms with Crippen LogP contribution in [0.15, 0.2) is 24.3 Å². The fourth-order valence-corrected chi connectivity index (χ4v) is 4.82. The van der Waals surface area contributed by atoms with Crippen molar-refractivity contribution < 1.29 is 4.79 Å². The predicted molar refractivity (Wildman–Crippen MR) is 123 cm³/mol. The van der Waals surface area contributed by atoms with Crippen molar-refractivity contribution >= 4 is 23.2 Å². The van der Waals surface area contributed by atoms with Gasteiger partial charge in [0.2, 0.25) is 5.91 Å². The number of halogens is 1. The maximum absolute atomic E-state index is 12.6. The van der Waals surface area contributed by atoms with Gasteiger partial charge in [-0.15, -0.1) is 0 Å². The summed E-state index contributed by atoms with van der Waals surface area (Å²) in [7, 11) is 2.18. The van der Waals surface area contributed by atoms with Crippen molar-refractivity contribution in [2.75, 3.05) is 38.1 Å². The topological polar surface area (TPSA) is 35.6 Å². The van der Waals surface area contributed by atoms with E-state index in [0.29, 0.717) is 17.9 Å². The van der Waals surface area contributed by atoms with E-state index in [4.69, 9.17) is 11.6 Å². The third-order valence-electron chi connectivity index (χ3n) is 6.90. The van der Waals surface area contributed by atoms with Crippen LogP contribution >= 0.6 is 11.6 Å². The first-order valence-corrected chi connectivity index (χ1v) is 11.9. The molecule has 1 unspecified atom stereocenters. The number of anilines is 1. The number of benzene rings is 1. The number of nitrogens with zero attached hydrogens (tertiary/aromatic N) is 2. The zero-order chi connectivity index (χ0) is 20.8. The van der Waals surface area contributed by atoms with Gasteiger partial charge in [-0.25, -0.2) is 0 Å². The lowest BCUT2D eigenvalue weighted by Crippen LogP contribution is -2.39. The molecule has 0 bridgehead atoms. The molecule has 162 valence electrons. The van der Waals surface area contributed by atoms with Crippen LogP contribution in [0.3, 0.4) is 0 Å². The number of hydrogen-bond donors (Lipinski definition) is 1. The largest absolute Gasteiger partial charge is 0.371 e. The summed E-state index contributed by atoms with van der Waals surface area (Å²) >= 11 is 6.01. The summed E-state index contributed by atoms with van der Waals surface area (Å²) in [5.74, 6) is 1.94. The Kier molecular flexibility index (Phi) is 8.25. The molecule has 0 aromatic heterocycles. The Bertz CT molecular complexity index is 642. The lowest BCUT2D eigenvalue weighted by atomic mass is 9.84. The molecule has 5 heteroatoms. The molecular formula is C24H38ClN3O. The average molecular weight is 420 g/mol. The van der Waals surface area contributed by atoms with E-state index in [0.717, 1.165) is 43.5 Å². The van der Waals surface area contributed by atoms with Gasteiger partial charge in [-0.1, -0.05) is 24.9 Å². The zero-order valence-corrected chi connectivity index (χ0v) is 19.1. The van der Waals surface area contributed by atoms with Gasteiger partial charge >= 0.3 is 0 Å². The molecule has 1 N–H and O–H groups in total. The van der Waals surface area contributed by atoms with Gasteiger partial charge in [0.15, 0.2) is 0 Å². The Hall–Kier alpha value is -1.26. The normalized spacial score (nSPS) is 26.4. The second-order valence-corrected chi connectivity index (χ2v) is 9.49. The molecule has 0 aliphatic heterocycles. The first kappa shape index (κ1) is 22.4. The van der Waals surface area contributed by atoms with Crippen molar-refractivity contribution in [2.24, 2.45) is 17.8 Å². The van der Waals surface area contributed by atoms with Crippen molar-refractivity contribution in [2.45, 2.75) is 58.4 Å². The molecule has 2 atom stereocenters. The SMILES string of the molecule is CCC1CCC(NC(=O)[C@H]2CC2CN(C)CCN(CC)c2ccc(Cl)cc2)CC1. The molecule has 2 aliphatic rings. The third-order valence-corrected chi connectivity index (χ3v) is 7.15. The van der Waals surface area contributed by atoms with Crippen LogP contribution in [-0.4, -0.2) is 50.1 Å². The monoisotopic (exact) mass is 419 g/mol. The van der Waals surface area contributed by atoms with E-state index in [1.54, 1.807) is 0 Å². The van der Waals surface area contributed by atoms with Crippen LogP contribution < -0.4 is 10.2 Å². The molecule has 29 heavy (non-hydrogen) atoms. The number of hydrogen-bond acceptors (Lipinski definition) is 3. The van der Waals surface area contributed by atoms with Gasteiger partial charge in [0.25, 0.3) is 0 Å². The molecule has 2 fully saturated rings. The minimum absolute atomic E-state index is 0.236. The van der Waals surface area contributed by atoms with Crippen LogP contribution in [0.2, 0.25) is 5.02 Å². The van der Waals surface area contributed by atoms with Gasteiger partial charge in [-0.05, 0) is 82.2 Å². The molecule has 0 saturated heterocycles. The van der Waals surface area contributed by atoms with Crippen molar-refractivity contribution in [1.82, 2.24) is 10.2 Å². The molecule has 0 radical (unpaired) electrons. The zero-order valence-electron chi connectivity index (χ0n) is 18.4. The summed E-state index contributed by atoms with van der Waals surface area (Å²) in [6, 6.07) is 8.49. The lowest BCUT2D eigenvalue weighted by molar-refractivity contribution is -0.123. The molecular weight excluding hydrogens is 382 g/mol. The Balaban J connectivity index is 1.35. The van der Waals surface area contributed by atoms with Gasteiger partial charge in [0, 0.05) is 48.8 Å². The minimum Gasteiger partial charge on any atom is -0.371 e. The Labute approximate surface area is 182 Å². The maximum atomic E-state index is 12.6. The first-order chi connectivity index (χ1) is 14.0. The van der Waals surface area contributed by atoms with E-state index in [1.807, 2.05) is 12.1 Å². The van der Waals surface area contributed by atoms with E-state index in [2.05, 4.69) is 48.1 Å². The molecule has 1 amide bonds. The third kappa shape index (κ3) is 6.62. The highest BCUT2D eigenvalue weighted by Gasteiger charge is 2.43. The fraction of sp³-hybridized carbons (Fsp3) is 0.708. The summed E-state index contributed by atoms with van der Waals surface area (Å²) < 4.78 is 0. The predicted octanol–water partition coefficient (Wildman–Crippen LogP) is 4.82. The van der Waals surface area contributed by atoms with Crippen LogP contribution in [0.5, 0.6) is 0 Å². The lowest BCUT2D eigenvalue weighted by Gasteiger charge is -2.28. The van der Waals surface area contributed by atoms with E-state index in [9.17, 15) is 4.79 Å². The first-order valence-electron chi connectivity index (χ1n) is 11.5. The highest BCUT2D eigenvalue weighted by Crippen LogP contribution is 2.39. The van der Waals surface area contributed by atoms with Gasteiger partial charge in [-0.3, -0.25) is 4.79 Å². The Morgan fingerprint density at radius 1 is 1.10 bits per heavy atom. The number of rotatable bonds is 10. The molecule has 4 nitrogen and oxygen atoms in total. The highest BCUT2D eigenvalue weighted by molar-refractivity contribution is 6.30. The maximum Gasteiger partial charge on any atom is 0.223 e. The second kappa shape index (κ2) is 10.7. The Morgan fingerprint density at radius 3 is 2.41 bits per heavy atom. The van der Waals surface area contributed by atoms with Gasteiger partial charge in [0.05, 0.1) is 0 Å². The number of likely N-dealkylation sites (N-methyl/N-ethyl adjacent to an activating group) is 2. The van der Waals surface area contributed by atoms with Crippen molar-refractivity contribution in [3.05, 3.63) is 29.3 Å². The van der Waals surface area contributed by atoms with Crippen LogP contribution in [-0.2, 0) is 4.79 Å². The number of carbonyl (C=O) groups excluding carboxylic acids is 1. The van der Waals surface area contributed by atoms with Crippen molar-refractivity contribution in [1.29, 1.82) is 0 Å². The van der Waals surface area contributed by atoms with Gasteiger partial charge in [0.1, 0.15) is 0 Å². The summed E-state index contributed by atoms with van der Waals surface area (Å²) in [5.41, 5.74) is 1.21. The standard InChI is InChI=1S/C24H38ClN3O/c1-4-18-6-10-21(11-7-18)26-24(29)23-16-19(23)17-27(3)14-15-28(5-2)22-12-8-20(25)9-13-22/h8-9,12-13,18-19,21,23H,4-7,10-11,14-17H2,1-3H3,(H,26,29)/t18?,19?,21?,23-/m0/s1.